The summed E-state index contributed by atoms with van der Waals surface area (Å²) >= 11 is 1.80. The summed E-state index contributed by atoms with van der Waals surface area (Å²) in [5.74, 6) is 3.18. The Morgan fingerprint density at radius 2 is 1.70 bits per heavy atom. The topological polar surface area (TPSA) is 47.6 Å². The molecule has 0 aromatic heterocycles. The van der Waals surface area contributed by atoms with Crippen LogP contribution >= 0.6 is 11.8 Å². The summed E-state index contributed by atoms with van der Waals surface area (Å²) in [7, 11) is 1.64. The second kappa shape index (κ2) is 9.88. The Morgan fingerprint density at radius 3 is 2.48 bits per heavy atom. The van der Waals surface area contributed by atoms with Gasteiger partial charge in [0.1, 0.15) is 11.5 Å². The number of methoxy groups -OCH3 is 1. The maximum atomic E-state index is 11.9. The number of thioether (sulfide) groups is 1. The SMILES string of the molecule is COc1ccc2ccc(OCC(=O)NCCSCc3ccccc3)cc2c1. The standard InChI is InChI=1S/C22H23NO3S/c1-25-20-9-7-18-8-10-21(14-19(18)13-20)26-15-22(24)23-11-12-27-16-17-5-3-2-4-6-17/h2-10,13-14H,11-12,15-16H2,1H3,(H,23,24). The molecular weight excluding hydrogens is 358 g/mol. The van der Waals surface area contributed by atoms with Gasteiger partial charge in [0.15, 0.2) is 6.61 Å². The summed E-state index contributed by atoms with van der Waals surface area (Å²) in [6, 6.07) is 21.9. The molecule has 0 atom stereocenters. The summed E-state index contributed by atoms with van der Waals surface area (Å²) in [5.41, 5.74) is 1.30. The highest BCUT2D eigenvalue weighted by Gasteiger charge is 2.04. The quantitative estimate of drug-likeness (QED) is 0.562. The van der Waals surface area contributed by atoms with Crippen molar-refractivity contribution in [2.75, 3.05) is 26.0 Å². The fraction of sp³-hybridized carbons (Fsp3) is 0.227. The van der Waals surface area contributed by atoms with E-state index >= 15 is 0 Å². The minimum Gasteiger partial charge on any atom is -0.497 e. The van der Waals surface area contributed by atoms with Gasteiger partial charge in [0.05, 0.1) is 7.11 Å². The van der Waals surface area contributed by atoms with E-state index in [1.165, 1.54) is 5.56 Å². The smallest absolute Gasteiger partial charge is 0.257 e. The van der Waals surface area contributed by atoms with E-state index < -0.39 is 0 Å². The number of carbonyl (C=O) groups is 1. The average molecular weight is 381 g/mol. The second-order valence-electron chi connectivity index (χ2n) is 6.05. The summed E-state index contributed by atoms with van der Waals surface area (Å²) < 4.78 is 10.9. The van der Waals surface area contributed by atoms with E-state index in [9.17, 15) is 4.79 Å². The summed E-state index contributed by atoms with van der Waals surface area (Å²) in [6.45, 7) is 0.646. The number of nitrogens with one attached hydrogen (secondary N) is 1. The molecule has 0 radical (unpaired) electrons. The minimum atomic E-state index is -0.110. The van der Waals surface area contributed by atoms with E-state index in [0.29, 0.717) is 12.3 Å². The highest BCUT2D eigenvalue weighted by atomic mass is 32.2. The zero-order chi connectivity index (χ0) is 18.9. The first-order valence-corrected chi connectivity index (χ1v) is 9.99. The normalized spacial score (nSPS) is 10.6. The number of hydrogen-bond acceptors (Lipinski definition) is 4. The molecule has 3 aromatic carbocycles. The average Bonchev–Trinajstić information content (AvgIpc) is 2.72. The molecule has 0 bridgehead atoms. The van der Waals surface area contributed by atoms with Gasteiger partial charge >= 0.3 is 0 Å². The minimum absolute atomic E-state index is 0.0127. The first kappa shape index (κ1) is 19.1. The zero-order valence-corrected chi connectivity index (χ0v) is 16.1. The fourth-order valence-corrected chi connectivity index (χ4v) is 3.47. The van der Waals surface area contributed by atoms with Crippen molar-refractivity contribution in [2.45, 2.75) is 5.75 Å². The van der Waals surface area contributed by atoms with E-state index in [1.807, 2.05) is 54.6 Å². The molecule has 4 nitrogen and oxygen atoms in total. The highest BCUT2D eigenvalue weighted by molar-refractivity contribution is 7.98. The van der Waals surface area contributed by atoms with Gasteiger partial charge in [0.2, 0.25) is 0 Å². The monoisotopic (exact) mass is 381 g/mol. The van der Waals surface area contributed by atoms with Crippen LogP contribution in [0.2, 0.25) is 0 Å². The van der Waals surface area contributed by atoms with Crippen molar-refractivity contribution in [2.24, 2.45) is 0 Å². The van der Waals surface area contributed by atoms with Gasteiger partial charge in [-0.2, -0.15) is 11.8 Å². The van der Waals surface area contributed by atoms with Gasteiger partial charge < -0.3 is 14.8 Å². The van der Waals surface area contributed by atoms with Crippen molar-refractivity contribution >= 4 is 28.4 Å². The first-order chi connectivity index (χ1) is 13.2. The van der Waals surface area contributed by atoms with Gasteiger partial charge in [-0.25, -0.2) is 0 Å². The van der Waals surface area contributed by atoms with E-state index in [-0.39, 0.29) is 12.5 Å². The van der Waals surface area contributed by atoms with Crippen molar-refractivity contribution in [1.29, 1.82) is 0 Å². The van der Waals surface area contributed by atoms with Crippen molar-refractivity contribution in [3.05, 3.63) is 72.3 Å². The van der Waals surface area contributed by atoms with E-state index in [4.69, 9.17) is 9.47 Å². The number of rotatable bonds is 9. The zero-order valence-electron chi connectivity index (χ0n) is 15.3. The third-order valence-electron chi connectivity index (χ3n) is 4.07. The molecule has 3 rings (SSSR count). The molecule has 0 saturated carbocycles. The Kier molecular flexibility index (Phi) is 6.99. The Hall–Kier alpha value is -2.66. The molecule has 0 saturated heterocycles. The third-order valence-corrected chi connectivity index (χ3v) is 5.10. The number of hydrogen-bond donors (Lipinski definition) is 1. The van der Waals surface area contributed by atoms with Crippen LogP contribution in [0, 0.1) is 0 Å². The maximum absolute atomic E-state index is 11.9. The first-order valence-electron chi connectivity index (χ1n) is 8.83. The molecule has 0 aliphatic rings. The predicted octanol–water partition coefficient (Wildman–Crippen LogP) is 4.28. The van der Waals surface area contributed by atoms with Crippen LogP contribution in [0.15, 0.2) is 66.7 Å². The molecule has 0 spiro atoms. The Morgan fingerprint density at radius 1 is 0.963 bits per heavy atom. The second-order valence-corrected chi connectivity index (χ2v) is 7.16. The van der Waals surface area contributed by atoms with Gasteiger partial charge in [-0.3, -0.25) is 4.79 Å². The van der Waals surface area contributed by atoms with Crippen molar-refractivity contribution in [3.8, 4) is 11.5 Å². The summed E-state index contributed by atoms with van der Waals surface area (Å²) in [6.07, 6.45) is 0. The van der Waals surface area contributed by atoms with Crippen LogP contribution in [-0.2, 0) is 10.5 Å². The Bertz CT molecular complexity index is 883. The van der Waals surface area contributed by atoms with Gasteiger partial charge in [-0.15, -0.1) is 0 Å². The Labute approximate surface area is 163 Å². The summed E-state index contributed by atoms with van der Waals surface area (Å²) in [4.78, 5) is 11.9. The van der Waals surface area contributed by atoms with Crippen LogP contribution in [0.5, 0.6) is 11.5 Å². The molecule has 1 N–H and O–H groups in total. The molecule has 0 aliphatic heterocycles. The third kappa shape index (κ3) is 5.93. The van der Waals surface area contributed by atoms with Gasteiger partial charge in [-0.05, 0) is 40.6 Å². The van der Waals surface area contributed by atoms with Crippen LogP contribution in [-0.4, -0.2) is 31.9 Å². The molecule has 3 aromatic rings. The van der Waals surface area contributed by atoms with E-state index in [0.717, 1.165) is 28.0 Å². The number of benzene rings is 3. The molecule has 0 aliphatic carbocycles. The van der Waals surface area contributed by atoms with Crippen LogP contribution in [0.4, 0.5) is 0 Å². The molecule has 5 heteroatoms. The number of fused-ring (bicyclic) bond motifs is 1. The molecule has 1 amide bonds. The molecule has 27 heavy (non-hydrogen) atoms. The van der Waals surface area contributed by atoms with Crippen LogP contribution < -0.4 is 14.8 Å². The molecule has 0 unspecified atom stereocenters. The van der Waals surface area contributed by atoms with Crippen molar-refractivity contribution < 1.29 is 14.3 Å². The van der Waals surface area contributed by atoms with Crippen molar-refractivity contribution in [1.82, 2.24) is 5.32 Å². The van der Waals surface area contributed by atoms with Gasteiger partial charge in [-0.1, -0.05) is 42.5 Å². The molecule has 0 fully saturated rings. The summed E-state index contributed by atoms with van der Waals surface area (Å²) in [5, 5.41) is 5.01. The number of amides is 1. The molecule has 140 valence electrons. The van der Waals surface area contributed by atoms with Gasteiger partial charge in [0, 0.05) is 18.1 Å². The van der Waals surface area contributed by atoms with Crippen LogP contribution in [0.1, 0.15) is 5.56 Å². The van der Waals surface area contributed by atoms with Crippen LogP contribution in [0.3, 0.4) is 0 Å². The lowest BCUT2D eigenvalue weighted by Crippen LogP contribution is -2.30. The lowest BCUT2D eigenvalue weighted by Gasteiger charge is -2.09. The lowest BCUT2D eigenvalue weighted by atomic mass is 10.1. The van der Waals surface area contributed by atoms with E-state index in [2.05, 4.69) is 17.4 Å². The molecule has 0 heterocycles. The van der Waals surface area contributed by atoms with Gasteiger partial charge in [0.25, 0.3) is 5.91 Å². The highest BCUT2D eigenvalue weighted by Crippen LogP contribution is 2.24. The number of ether oxygens (including phenoxy) is 2. The predicted molar refractivity (Wildman–Crippen MR) is 112 cm³/mol. The fourth-order valence-electron chi connectivity index (χ4n) is 2.65. The largest absolute Gasteiger partial charge is 0.497 e. The van der Waals surface area contributed by atoms with Crippen molar-refractivity contribution in [3.63, 3.8) is 0 Å². The lowest BCUT2D eigenvalue weighted by molar-refractivity contribution is -0.122. The maximum Gasteiger partial charge on any atom is 0.257 e. The van der Waals surface area contributed by atoms with Crippen LogP contribution in [0.25, 0.3) is 10.8 Å². The number of carbonyl (C=O) groups excluding carboxylic acids is 1. The molecular formula is C22H23NO3S. The Balaban J connectivity index is 1.39. The van der Waals surface area contributed by atoms with E-state index in [1.54, 1.807) is 18.9 Å².